The zero-order chi connectivity index (χ0) is 8.97. The molecule has 0 amide bonds. The van der Waals surface area contributed by atoms with Gasteiger partial charge in [0.05, 0.1) is 13.2 Å². The fraction of sp³-hybridized carbons (Fsp3) is 0.875. The van der Waals surface area contributed by atoms with E-state index in [4.69, 9.17) is 10.5 Å². The molecule has 1 rings (SSSR count). The van der Waals surface area contributed by atoms with Gasteiger partial charge in [0, 0.05) is 6.61 Å². The van der Waals surface area contributed by atoms with E-state index in [0.717, 1.165) is 19.4 Å². The first kappa shape index (κ1) is 9.48. The van der Waals surface area contributed by atoms with Gasteiger partial charge >= 0.3 is 5.97 Å². The molecular weight excluding hydrogens is 158 g/mol. The van der Waals surface area contributed by atoms with Gasteiger partial charge in [-0.05, 0) is 19.3 Å². The third kappa shape index (κ3) is 2.46. The van der Waals surface area contributed by atoms with Crippen LogP contribution in [0, 0.1) is 0 Å². The van der Waals surface area contributed by atoms with Gasteiger partial charge in [-0.15, -0.1) is 0 Å². The Kier molecular flexibility index (Phi) is 3.49. The first-order valence-corrected chi connectivity index (χ1v) is 4.19. The van der Waals surface area contributed by atoms with E-state index >= 15 is 0 Å². The fourth-order valence-corrected chi connectivity index (χ4v) is 1.36. The van der Waals surface area contributed by atoms with Gasteiger partial charge in [-0.1, -0.05) is 0 Å². The van der Waals surface area contributed by atoms with E-state index in [1.54, 1.807) is 0 Å². The molecular formula is C8H15NO3. The Balaban J connectivity index is 2.24. The number of methoxy groups -OCH3 is 1. The standard InChI is InChI=1S/C8H15NO3/c1-11-8(10)7(9)5-6-3-2-4-12-6/h6-7H,2-5,9H2,1H3/t6?,7-/m0/s1. The summed E-state index contributed by atoms with van der Waals surface area (Å²) in [5.74, 6) is -0.356. The summed E-state index contributed by atoms with van der Waals surface area (Å²) in [6, 6.07) is -0.530. The quantitative estimate of drug-likeness (QED) is 0.613. The normalized spacial score (nSPS) is 25.3. The van der Waals surface area contributed by atoms with Crippen LogP contribution in [0.4, 0.5) is 0 Å². The maximum absolute atomic E-state index is 10.9. The maximum Gasteiger partial charge on any atom is 0.322 e. The molecule has 1 unspecified atom stereocenters. The van der Waals surface area contributed by atoms with Crippen molar-refractivity contribution in [2.45, 2.75) is 31.4 Å². The van der Waals surface area contributed by atoms with Crippen LogP contribution in [0.25, 0.3) is 0 Å². The number of rotatable bonds is 3. The van der Waals surface area contributed by atoms with Crippen LogP contribution in [-0.2, 0) is 14.3 Å². The van der Waals surface area contributed by atoms with Crippen molar-refractivity contribution in [2.75, 3.05) is 13.7 Å². The van der Waals surface area contributed by atoms with Gasteiger partial charge in [-0.25, -0.2) is 0 Å². The number of nitrogens with two attached hydrogens (primary N) is 1. The Labute approximate surface area is 72.0 Å². The molecule has 4 heteroatoms. The van der Waals surface area contributed by atoms with Crippen LogP contribution in [0.15, 0.2) is 0 Å². The Bertz CT molecular complexity index is 154. The molecule has 2 N–H and O–H groups in total. The Morgan fingerprint density at radius 3 is 3.08 bits per heavy atom. The van der Waals surface area contributed by atoms with Crippen molar-refractivity contribution in [2.24, 2.45) is 5.73 Å². The molecule has 2 atom stereocenters. The molecule has 0 aromatic heterocycles. The molecule has 0 saturated carbocycles. The molecule has 0 bridgehead atoms. The Morgan fingerprint density at radius 2 is 2.58 bits per heavy atom. The highest BCUT2D eigenvalue weighted by Crippen LogP contribution is 2.16. The van der Waals surface area contributed by atoms with Crippen molar-refractivity contribution in [3.05, 3.63) is 0 Å². The minimum absolute atomic E-state index is 0.152. The lowest BCUT2D eigenvalue weighted by Crippen LogP contribution is -2.34. The highest BCUT2D eigenvalue weighted by Gasteiger charge is 2.22. The van der Waals surface area contributed by atoms with Crippen LogP contribution in [0.3, 0.4) is 0 Å². The van der Waals surface area contributed by atoms with E-state index in [9.17, 15) is 4.79 Å². The zero-order valence-corrected chi connectivity index (χ0v) is 7.29. The summed E-state index contributed by atoms with van der Waals surface area (Å²) in [5, 5.41) is 0. The smallest absolute Gasteiger partial charge is 0.322 e. The third-order valence-electron chi connectivity index (χ3n) is 2.04. The van der Waals surface area contributed by atoms with E-state index in [1.807, 2.05) is 0 Å². The summed E-state index contributed by atoms with van der Waals surface area (Å²) in [5.41, 5.74) is 5.55. The first-order chi connectivity index (χ1) is 5.74. The zero-order valence-electron chi connectivity index (χ0n) is 7.29. The van der Waals surface area contributed by atoms with Crippen molar-refractivity contribution < 1.29 is 14.3 Å². The highest BCUT2D eigenvalue weighted by molar-refractivity contribution is 5.75. The lowest BCUT2D eigenvalue weighted by Gasteiger charge is -2.13. The van der Waals surface area contributed by atoms with Gasteiger partial charge in [0.15, 0.2) is 0 Å². The first-order valence-electron chi connectivity index (χ1n) is 4.19. The largest absolute Gasteiger partial charge is 0.468 e. The average molecular weight is 173 g/mol. The number of carbonyl (C=O) groups excluding carboxylic acids is 1. The number of carbonyl (C=O) groups is 1. The predicted octanol–water partition coefficient (Wildman–Crippen LogP) is 0.0558. The second-order valence-electron chi connectivity index (χ2n) is 3.00. The topological polar surface area (TPSA) is 61.5 Å². The molecule has 1 heterocycles. The molecule has 1 aliphatic heterocycles. The summed E-state index contributed by atoms with van der Waals surface area (Å²) < 4.78 is 9.83. The van der Waals surface area contributed by atoms with Gasteiger partial charge < -0.3 is 15.2 Å². The van der Waals surface area contributed by atoms with E-state index in [2.05, 4.69) is 4.74 Å². The van der Waals surface area contributed by atoms with Gasteiger partial charge in [0.1, 0.15) is 6.04 Å². The van der Waals surface area contributed by atoms with Crippen LogP contribution >= 0.6 is 0 Å². The van der Waals surface area contributed by atoms with Crippen LogP contribution in [0.2, 0.25) is 0 Å². The molecule has 4 nitrogen and oxygen atoms in total. The summed E-state index contributed by atoms with van der Waals surface area (Å²) in [4.78, 5) is 10.9. The lowest BCUT2D eigenvalue weighted by molar-refractivity contribution is -0.143. The van der Waals surface area contributed by atoms with E-state index in [-0.39, 0.29) is 12.1 Å². The summed E-state index contributed by atoms with van der Waals surface area (Å²) >= 11 is 0. The predicted molar refractivity (Wildman–Crippen MR) is 43.6 cm³/mol. The maximum atomic E-state index is 10.9. The minimum Gasteiger partial charge on any atom is -0.468 e. The van der Waals surface area contributed by atoms with Gasteiger partial charge in [0.25, 0.3) is 0 Å². The number of hydrogen-bond donors (Lipinski definition) is 1. The lowest BCUT2D eigenvalue weighted by atomic mass is 10.1. The molecule has 0 aromatic rings. The van der Waals surface area contributed by atoms with Crippen molar-refractivity contribution in [3.63, 3.8) is 0 Å². The second kappa shape index (κ2) is 4.42. The minimum atomic E-state index is -0.530. The van der Waals surface area contributed by atoms with E-state index in [0.29, 0.717) is 6.42 Å². The summed E-state index contributed by atoms with van der Waals surface area (Å²) in [6.07, 6.45) is 2.80. The van der Waals surface area contributed by atoms with Crippen molar-refractivity contribution in [1.82, 2.24) is 0 Å². The summed E-state index contributed by atoms with van der Waals surface area (Å²) in [6.45, 7) is 0.790. The van der Waals surface area contributed by atoms with Crippen LogP contribution < -0.4 is 5.73 Å². The molecule has 0 aliphatic carbocycles. The molecule has 1 fully saturated rings. The van der Waals surface area contributed by atoms with Crippen LogP contribution in [0.5, 0.6) is 0 Å². The van der Waals surface area contributed by atoms with Gasteiger partial charge in [-0.3, -0.25) is 4.79 Å². The molecule has 70 valence electrons. The monoisotopic (exact) mass is 173 g/mol. The molecule has 12 heavy (non-hydrogen) atoms. The van der Waals surface area contributed by atoms with Crippen molar-refractivity contribution in [1.29, 1.82) is 0 Å². The molecule has 0 spiro atoms. The molecule has 1 aliphatic rings. The van der Waals surface area contributed by atoms with E-state index < -0.39 is 6.04 Å². The third-order valence-corrected chi connectivity index (χ3v) is 2.04. The fourth-order valence-electron chi connectivity index (χ4n) is 1.36. The van der Waals surface area contributed by atoms with Crippen molar-refractivity contribution in [3.8, 4) is 0 Å². The summed E-state index contributed by atoms with van der Waals surface area (Å²) in [7, 11) is 1.34. The van der Waals surface area contributed by atoms with Crippen molar-refractivity contribution >= 4 is 5.97 Å². The van der Waals surface area contributed by atoms with Gasteiger partial charge in [-0.2, -0.15) is 0 Å². The number of esters is 1. The Morgan fingerprint density at radius 1 is 1.83 bits per heavy atom. The molecule has 0 aromatic carbocycles. The highest BCUT2D eigenvalue weighted by atomic mass is 16.5. The molecule has 0 radical (unpaired) electrons. The number of ether oxygens (including phenoxy) is 2. The second-order valence-corrected chi connectivity index (χ2v) is 3.00. The Hall–Kier alpha value is -0.610. The van der Waals surface area contributed by atoms with E-state index in [1.165, 1.54) is 7.11 Å². The molecule has 1 saturated heterocycles. The SMILES string of the molecule is COC(=O)[C@@H](N)CC1CCCO1. The van der Waals surface area contributed by atoms with Gasteiger partial charge in [0.2, 0.25) is 0 Å². The van der Waals surface area contributed by atoms with Crippen LogP contribution in [-0.4, -0.2) is 31.8 Å². The van der Waals surface area contributed by atoms with Crippen LogP contribution in [0.1, 0.15) is 19.3 Å². The number of hydrogen-bond acceptors (Lipinski definition) is 4. The average Bonchev–Trinajstić information content (AvgIpc) is 2.55.